The second-order valence-electron chi connectivity index (χ2n) is 2.54. The molecule has 0 aliphatic rings. The summed E-state index contributed by atoms with van der Waals surface area (Å²) >= 11 is 0. The van der Waals surface area contributed by atoms with Crippen LogP contribution < -0.4 is 5.32 Å². The fraction of sp³-hybridized carbons (Fsp3) is 0.571. The molecule has 1 rings (SSSR count). The summed E-state index contributed by atoms with van der Waals surface area (Å²) in [7, 11) is 3.34. The van der Waals surface area contributed by atoms with Crippen LogP contribution in [0.4, 0.5) is 8.78 Å². The first-order valence-electron chi connectivity index (χ1n) is 3.60. The third kappa shape index (κ3) is 3.77. The molecule has 0 saturated heterocycles. The predicted octanol–water partition coefficient (Wildman–Crippen LogP) is 1.92. The van der Waals surface area contributed by atoms with Crippen molar-refractivity contribution in [2.75, 3.05) is 7.05 Å². The second kappa shape index (κ2) is 6.98. The van der Waals surface area contributed by atoms with E-state index in [1.807, 2.05) is 0 Å². The topological polar surface area (TPSA) is 29.9 Å². The summed E-state index contributed by atoms with van der Waals surface area (Å²) in [5.74, 6) is 0. The van der Waals surface area contributed by atoms with Crippen molar-refractivity contribution in [3.8, 4) is 0 Å². The Morgan fingerprint density at radius 3 is 2.50 bits per heavy atom. The molecule has 1 aromatic rings. The molecule has 3 nitrogen and oxygen atoms in total. The predicted molar refractivity (Wildman–Crippen MR) is 55.4 cm³/mol. The molecule has 0 spiro atoms. The molecule has 0 amide bonds. The van der Waals surface area contributed by atoms with E-state index in [0.717, 1.165) is 0 Å². The maximum atomic E-state index is 12.3. The molecule has 0 aliphatic heterocycles. The lowest BCUT2D eigenvalue weighted by atomic mass is 10.2. The van der Waals surface area contributed by atoms with Crippen molar-refractivity contribution >= 4 is 24.8 Å². The van der Waals surface area contributed by atoms with Gasteiger partial charge in [-0.2, -0.15) is 5.10 Å². The third-order valence-corrected chi connectivity index (χ3v) is 1.51. The molecule has 84 valence electrons. The molecule has 0 bridgehead atoms. The van der Waals surface area contributed by atoms with Crippen LogP contribution in [0.25, 0.3) is 0 Å². The fourth-order valence-electron chi connectivity index (χ4n) is 1.07. The standard InChI is InChI=1S/C7H11F2N3.2ClH/c1-10-3-5-4-12(2)11-6(5)7(8)9;;/h4,7,10H,3H2,1-2H3;2*1H. The number of rotatable bonds is 3. The molecule has 0 aromatic carbocycles. The van der Waals surface area contributed by atoms with Gasteiger partial charge in [0.1, 0.15) is 5.69 Å². The van der Waals surface area contributed by atoms with Crippen molar-refractivity contribution in [1.82, 2.24) is 15.1 Å². The van der Waals surface area contributed by atoms with Crippen molar-refractivity contribution < 1.29 is 8.78 Å². The van der Waals surface area contributed by atoms with E-state index in [2.05, 4.69) is 10.4 Å². The van der Waals surface area contributed by atoms with E-state index < -0.39 is 6.43 Å². The lowest BCUT2D eigenvalue weighted by Gasteiger charge is -1.98. The van der Waals surface area contributed by atoms with E-state index in [4.69, 9.17) is 0 Å². The molecular weight excluding hydrogens is 235 g/mol. The summed E-state index contributed by atoms with van der Waals surface area (Å²) in [5, 5.41) is 6.46. The minimum atomic E-state index is -2.49. The molecule has 1 heterocycles. The van der Waals surface area contributed by atoms with Gasteiger partial charge >= 0.3 is 0 Å². The number of aryl methyl sites for hydroxylation is 1. The Hall–Kier alpha value is -0.390. The minimum Gasteiger partial charge on any atom is -0.316 e. The first-order chi connectivity index (χ1) is 5.65. The molecule has 1 aromatic heterocycles. The zero-order valence-corrected chi connectivity index (χ0v) is 9.46. The van der Waals surface area contributed by atoms with E-state index in [0.29, 0.717) is 12.1 Å². The Bertz CT molecular complexity index is 265. The number of nitrogens with one attached hydrogen (secondary N) is 1. The van der Waals surface area contributed by atoms with Crippen LogP contribution in [0, 0.1) is 0 Å². The zero-order valence-electron chi connectivity index (χ0n) is 7.83. The van der Waals surface area contributed by atoms with E-state index >= 15 is 0 Å². The third-order valence-electron chi connectivity index (χ3n) is 1.51. The number of aromatic nitrogens is 2. The molecule has 0 radical (unpaired) electrons. The molecule has 7 heteroatoms. The van der Waals surface area contributed by atoms with Gasteiger partial charge in [-0.15, -0.1) is 24.8 Å². The normalized spacial score (nSPS) is 9.50. The number of nitrogens with zero attached hydrogens (tertiary/aromatic N) is 2. The van der Waals surface area contributed by atoms with Gasteiger partial charge in [0.05, 0.1) is 0 Å². The van der Waals surface area contributed by atoms with E-state index in [-0.39, 0.29) is 30.5 Å². The Labute approximate surface area is 93.7 Å². The van der Waals surface area contributed by atoms with E-state index in [9.17, 15) is 8.78 Å². The van der Waals surface area contributed by atoms with Gasteiger partial charge in [0.15, 0.2) is 0 Å². The van der Waals surface area contributed by atoms with Crippen LogP contribution >= 0.6 is 24.8 Å². The first-order valence-corrected chi connectivity index (χ1v) is 3.60. The quantitative estimate of drug-likeness (QED) is 0.885. The number of halogens is 4. The van der Waals surface area contributed by atoms with Crippen molar-refractivity contribution in [2.45, 2.75) is 13.0 Å². The summed E-state index contributed by atoms with van der Waals surface area (Å²) in [6.45, 7) is 0.424. The molecule has 14 heavy (non-hydrogen) atoms. The minimum absolute atomic E-state index is 0. The molecule has 0 fully saturated rings. The van der Waals surface area contributed by atoms with Crippen LogP contribution in [0.5, 0.6) is 0 Å². The molecule has 0 unspecified atom stereocenters. The summed E-state index contributed by atoms with van der Waals surface area (Å²) in [4.78, 5) is 0. The Morgan fingerprint density at radius 2 is 2.07 bits per heavy atom. The highest BCUT2D eigenvalue weighted by Crippen LogP contribution is 2.20. The number of hydrogen-bond acceptors (Lipinski definition) is 2. The lowest BCUT2D eigenvalue weighted by Crippen LogP contribution is -2.06. The van der Waals surface area contributed by atoms with Crippen LogP contribution in [-0.2, 0) is 13.6 Å². The van der Waals surface area contributed by atoms with E-state index in [1.54, 1.807) is 20.3 Å². The van der Waals surface area contributed by atoms with Gasteiger partial charge < -0.3 is 5.32 Å². The van der Waals surface area contributed by atoms with Crippen molar-refractivity contribution in [3.05, 3.63) is 17.5 Å². The van der Waals surface area contributed by atoms with Gasteiger partial charge in [-0.25, -0.2) is 8.78 Å². The summed E-state index contributed by atoms with van der Waals surface area (Å²) in [5.41, 5.74) is 0.418. The average molecular weight is 248 g/mol. The smallest absolute Gasteiger partial charge is 0.282 e. The van der Waals surface area contributed by atoms with Gasteiger partial charge in [0.25, 0.3) is 6.43 Å². The second-order valence-corrected chi connectivity index (χ2v) is 2.54. The van der Waals surface area contributed by atoms with Gasteiger partial charge in [-0.05, 0) is 7.05 Å². The molecular formula is C7H13Cl2F2N3. The Balaban J connectivity index is 0. The summed E-state index contributed by atoms with van der Waals surface area (Å²) in [6, 6.07) is 0. The van der Waals surface area contributed by atoms with Crippen molar-refractivity contribution in [3.63, 3.8) is 0 Å². The summed E-state index contributed by atoms with van der Waals surface area (Å²) < 4.78 is 25.9. The van der Waals surface area contributed by atoms with Crippen LogP contribution in [0.1, 0.15) is 17.7 Å². The first kappa shape index (κ1) is 16.1. The van der Waals surface area contributed by atoms with Gasteiger partial charge in [-0.3, -0.25) is 4.68 Å². The fourth-order valence-corrected chi connectivity index (χ4v) is 1.07. The highest BCUT2D eigenvalue weighted by molar-refractivity contribution is 5.85. The molecule has 0 atom stereocenters. The van der Waals surface area contributed by atoms with Crippen LogP contribution in [0.2, 0.25) is 0 Å². The Morgan fingerprint density at radius 1 is 1.50 bits per heavy atom. The van der Waals surface area contributed by atoms with Gasteiger partial charge in [0, 0.05) is 25.4 Å². The molecule has 0 saturated carbocycles. The maximum absolute atomic E-state index is 12.3. The largest absolute Gasteiger partial charge is 0.316 e. The Kier molecular flexibility index (Phi) is 8.00. The summed E-state index contributed by atoms with van der Waals surface area (Å²) in [6.07, 6.45) is -0.896. The van der Waals surface area contributed by atoms with Gasteiger partial charge in [-0.1, -0.05) is 0 Å². The highest BCUT2D eigenvalue weighted by Gasteiger charge is 2.16. The molecule has 0 aliphatic carbocycles. The maximum Gasteiger partial charge on any atom is 0.282 e. The van der Waals surface area contributed by atoms with Crippen molar-refractivity contribution in [1.29, 1.82) is 0 Å². The number of alkyl halides is 2. The number of hydrogen-bond donors (Lipinski definition) is 1. The van der Waals surface area contributed by atoms with Crippen LogP contribution in [0.15, 0.2) is 6.20 Å². The van der Waals surface area contributed by atoms with Crippen LogP contribution in [0.3, 0.4) is 0 Å². The highest BCUT2D eigenvalue weighted by atomic mass is 35.5. The average Bonchev–Trinajstić information content (AvgIpc) is 2.32. The SMILES string of the molecule is CNCc1cn(C)nc1C(F)F.Cl.Cl. The van der Waals surface area contributed by atoms with E-state index in [1.165, 1.54) is 4.68 Å². The van der Waals surface area contributed by atoms with Gasteiger partial charge in [0.2, 0.25) is 0 Å². The molecule has 1 N–H and O–H groups in total. The lowest BCUT2D eigenvalue weighted by molar-refractivity contribution is 0.144. The monoisotopic (exact) mass is 247 g/mol. The zero-order chi connectivity index (χ0) is 9.14. The van der Waals surface area contributed by atoms with Crippen molar-refractivity contribution in [2.24, 2.45) is 7.05 Å². The van der Waals surface area contributed by atoms with Crippen LogP contribution in [-0.4, -0.2) is 16.8 Å².